The van der Waals surface area contributed by atoms with E-state index in [1.807, 2.05) is 25.1 Å². The fourth-order valence-corrected chi connectivity index (χ4v) is 1.68. The average molecular weight is 169 g/mol. The van der Waals surface area contributed by atoms with Crippen LogP contribution in [0.25, 0.3) is 0 Å². The topological polar surface area (TPSA) is 49.1 Å². The zero-order chi connectivity index (χ0) is 8.27. The highest BCUT2D eigenvalue weighted by atomic mass is 32.2. The molecule has 0 aliphatic carbocycles. The monoisotopic (exact) mass is 169 g/mol. The number of rotatable bonds is 2. The van der Waals surface area contributed by atoms with Crippen molar-refractivity contribution in [2.75, 3.05) is 0 Å². The van der Waals surface area contributed by atoms with Crippen molar-refractivity contribution in [3.8, 4) is 0 Å². The smallest absolute Gasteiger partial charge is 0.176 e. The summed E-state index contributed by atoms with van der Waals surface area (Å²) in [4.78, 5) is 0.745. The molecule has 0 radical (unpaired) electrons. The van der Waals surface area contributed by atoms with E-state index in [0.29, 0.717) is 0 Å². The van der Waals surface area contributed by atoms with Gasteiger partial charge in [0.25, 0.3) is 0 Å². The maximum atomic E-state index is 10.9. The van der Waals surface area contributed by atoms with Crippen molar-refractivity contribution in [1.29, 1.82) is 0 Å². The zero-order valence-electron chi connectivity index (χ0n) is 6.41. The summed E-state index contributed by atoms with van der Waals surface area (Å²) in [7, 11) is 0. The lowest BCUT2D eigenvalue weighted by molar-refractivity contribution is 0.595. The van der Waals surface area contributed by atoms with E-state index in [-0.39, 0.29) is 0 Å². The standard InChI is InChI=1S/C8H11NOS/c1-2-7-5-3-4-6-8(7)11(9)10/h3-6H,2,9H2,1H3. The molecule has 1 unspecified atom stereocenters. The molecular formula is C8H11NOS. The second-order valence-corrected chi connectivity index (χ2v) is 3.29. The van der Waals surface area contributed by atoms with Crippen LogP contribution in [0.2, 0.25) is 0 Å². The minimum Gasteiger partial charge on any atom is -0.593 e. The Morgan fingerprint density at radius 2 is 2.09 bits per heavy atom. The number of aryl methyl sites for hydroxylation is 1. The Kier molecular flexibility index (Phi) is 2.93. The van der Waals surface area contributed by atoms with E-state index in [9.17, 15) is 4.55 Å². The molecular weight excluding hydrogens is 158 g/mol. The van der Waals surface area contributed by atoms with Gasteiger partial charge in [0.1, 0.15) is 0 Å². The van der Waals surface area contributed by atoms with Gasteiger partial charge in [0, 0.05) is 5.56 Å². The first-order valence-electron chi connectivity index (χ1n) is 3.49. The van der Waals surface area contributed by atoms with Gasteiger partial charge in [0.05, 0.1) is 11.4 Å². The van der Waals surface area contributed by atoms with Crippen LogP contribution in [-0.4, -0.2) is 4.55 Å². The number of nitrogens with two attached hydrogens (primary N) is 1. The Labute approximate surface area is 69.7 Å². The maximum Gasteiger partial charge on any atom is 0.176 e. The fraction of sp³-hybridized carbons (Fsp3) is 0.250. The second-order valence-electron chi connectivity index (χ2n) is 2.26. The van der Waals surface area contributed by atoms with Crippen LogP contribution in [0.3, 0.4) is 0 Å². The number of hydrogen-bond acceptors (Lipinski definition) is 2. The molecule has 0 saturated heterocycles. The maximum absolute atomic E-state index is 10.9. The van der Waals surface area contributed by atoms with Gasteiger partial charge in [-0.05, 0) is 12.5 Å². The second kappa shape index (κ2) is 3.76. The number of hydrogen-bond donors (Lipinski definition) is 1. The first-order valence-corrected chi connectivity index (χ1v) is 4.71. The molecule has 0 saturated carbocycles. The van der Waals surface area contributed by atoms with E-state index in [2.05, 4.69) is 0 Å². The number of benzene rings is 1. The fourth-order valence-electron chi connectivity index (χ4n) is 0.992. The molecule has 2 nitrogen and oxygen atoms in total. The molecule has 11 heavy (non-hydrogen) atoms. The summed E-state index contributed by atoms with van der Waals surface area (Å²) in [5, 5.41) is 5.26. The van der Waals surface area contributed by atoms with Crippen molar-refractivity contribution in [2.24, 2.45) is 5.14 Å². The van der Waals surface area contributed by atoms with Crippen LogP contribution in [0.5, 0.6) is 0 Å². The molecule has 0 aromatic heterocycles. The molecule has 1 rings (SSSR count). The normalized spacial score (nSPS) is 13.0. The van der Waals surface area contributed by atoms with Crippen LogP contribution in [0.1, 0.15) is 12.5 Å². The molecule has 2 N–H and O–H groups in total. The summed E-state index contributed by atoms with van der Waals surface area (Å²) in [6.07, 6.45) is 0.874. The first-order chi connectivity index (χ1) is 5.25. The zero-order valence-corrected chi connectivity index (χ0v) is 7.23. The van der Waals surface area contributed by atoms with Gasteiger partial charge < -0.3 is 4.55 Å². The highest BCUT2D eigenvalue weighted by molar-refractivity contribution is 7.89. The largest absolute Gasteiger partial charge is 0.593 e. The highest BCUT2D eigenvalue weighted by Crippen LogP contribution is 2.13. The molecule has 0 amide bonds. The third-order valence-corrected chi connectivity index (χ3v) is 2.40. The molecule has 0 bridgehead atoms. The van der Waals surface area contributed by atoms with Crippen LogP contribution in [0.15, 0.2) is 29.2 Å². The molecule has 1 aromatic rings. The van der Waals surface area contributed by atoms with Gasteiger partial charge in [-0.3, -0.25) is 0 Å². The van der Waals surface area contributed by atoms with Gasteiger partial charge in [-0.25, -0.2) is 0 Å². The highest BCUT2D eigenvalue weighted by Gasteiger charge is 2.08. The van der Waals surface area contributed by atoms with Gasteiger partial charge in [-0.2, -0.15) is 0 Å². The third-order valence-electron chi connectivity index (χ3n) is 1.57. The van der Waals surface area contributed by atoms with Gasteiger partial charge in [0.2, 0.25) is 0 Å². The van der Waals surface area contributed by atoms with Crippen molar-refractivity contribution in [3.63, 3.8) is 0 Å². The van der Waals surface area contributed by atoms with Crippen molar-refractivity contribution in [2.45, 2.75) is 18.2 Å². The lowest BCUT2D eigenvalue weighted by atomic mass is 10.2. The summed E-state index contributed by atoms with van der Waals surface area (Å²) in [5.41, 5.74) is 1.06. The van der Waals surface area contributed by atoms with Gasteiger partial charge >= 0.3 is 0 Å². The van der Waals surface area contributed by atoms with Crippen LogP contribution in [-0.2, 0) is 17.8 Å². The van der Waals surface area contributed by atoms with E-state index in [0.717, 1.165) is 16.9 Å². The Morgan fingerprint density at radius 1 is 1.45 bits per heavy atom. The van der Waals surface area contributed by atoms with Crippen molar-refractivity contribution < 1.29 is 4.55 Å². The average Bonchev–Trinajstić information content (AvgIpc) is 2.04. The van der Waals surface area contributed by atoms with Gasteiger partial charge in [0.15, 0.2) is 4.90 Å². The van der Waals surface area contributed by atoms with E-state index in [4.69, 9.17) is 5.14 Å². The molecule has 3 heteroatoms. The van der Waals surface area contributed by atoms with Gasteiger partial charge in [-0.15, -0.1) is 5.14 Å². The Balaban J connectivity index is 3.02. The molecule has 1 atom stereocenters. The molecule has 1 aromatic carbocycles. The van der Waals surface area contributed by atoms with Gasteiger partial charge in [-0.1, -0.05) is 25.1 Å². The summed E-state index contributed by atoms with van der Waals surface area (Å²) < 4.78 is 10.9. The first kappa shape index (κ1) is 8.59. The molecule has 0 fully saturated rings. The lowest BCUT2D eigenvalue weighted by Gasteiger charge is -2.06. The summed E-state index contributed by atoms with van der Waals surface area (Å²) in [6.45, 7) is 2.02. The molecule has 60 valence electrons. The lowest BCUT2D eigenvalue weighted by Crippen LogP contribution is -2.14. The van der Waals surface area contributed by atoms with E-state index < -0.39 is 11.4 Å². The summed E-state index contributed by atoms with van der Waals surface area (Å²) >= 11 is -1.34. The quantitative estimate of drug-likeness (QED) is 0.677. The van der Waals surface area contributed by atoms with Crippen LogP contribution in [0, 0.1) is 0 Å². The van der Waals surface area contributed by atoms with Crippen molar-refractivity contribution in [1.82, 2.24) is 0 Å². The molecule has 0 aliphatic heterocycles. The minimum atomic E-state index is -1.34. The molecule has 0 heterocycles. The Morgan fingerprint density at radius 3 is 2.55 bits per heavy atom. The predicted molar refractivity (Wildman–Crippen MR) is 46.4 cm³/mol. The molecule has 0 aliphatic rings. The summed E-state index contributed by atoms with van der Waals surface area (Å²) in [5.74, 6) is 0. The summed E-state index contributed by atoms with van der Waals surface area (Å²) in [6, 6.07) is 7.52. The molecule has 0 spiro atoms. The van der Waals surface area contributed by atoms with E-state index in [1.54, 1.807) is 6.07 Å². The SMILES string of the molecule is CCc1ccccc1[S+](N)[O-]. The van der Waals surface area contributed by atoms with Crippen LogP contribution < -0.4 is 5.14 Å². The van der Waals surface area contributed by atoms with Crippen LogP contribution in [0.4, 0.5) is 0 Å². The Hall–Kier alpha value is -0.510. The third kappa shape index (κ3) is 1.96. The van der Waals surface area contributed by atoms with E-state index >= 15 is 0 Å². The Bertz CT molecular complexity index is 237. The van der Waals surface area contributed by atoms with Crippen molar-refractivity contribution in [3.05, 3.63) is 29.8 Å². The van der Waals surface area contributed by atoms with Crippen molar-refractivity contribution >= 4 is 11.4 Å². The predicted octanol–water partition coefficient (Wildman–Crippen LogP) is 1.23. The minimum absolute atomic E-state index is 0.745. The van der Waals surface area contributed by atoms with E-state index in [1.165, 1.54) is 0 Å². The van der Waals surface area contributed by atoms with Crippen LogP contribution >= 0.6 is 0 Å².